The Labute approximate surface area is 166 Å². The predicted molar refractivity (Wildman–Crippen MR) is 110 cm³/mol. The van der Waals surface area contributed by atoms with Gasteiger partial charge in [-0.15, -0.1) is 11.8 Å². The third-order valence-corrected chi connectivity index (χ3v) is 9.51. The van der Waals surface area contributed by atoms with Gasteiger partial charge >= 0.3 is 0 Å². The van der Waals surface area contributed by atoms with Crippen molar-refractivity contribution < 1.29 is 4.79 Å². The Bertz CT molecular complexity index is 815. The van der Waals surface area contributed by atoms with Gasteiger partial charge in [0, 0.05) is 16.9 Å². The highest BCUT2D eigenvalue weighted by Crippen LogP contribution is 2.66. The quantitative estimate of drug-likeness (QED) is 0.645. The van der Waals surface area contributed by atoms with E-state index in [-0.39, 0.29) is 11.2 Å². The van der Waals surface area contributed by atoms with Crippen molar-refractivity contribution in [2.75, 3.05) is 0 Å². The largest absolute Gasteiger partial charge is 0.290 e. The van der Waals surface area contributed by atoms with Crippen molar-refractivity contribution in [2.45, 2.75) is 62.6 Å². The highest BCUT2D eigenvalue weighted by Gasteiger charge is 2.58. The molecule has 0 saturated heterocycles. The summed E-state index contributed by atoms with van der Waals surface area (Å²) >= 11 is 1.97. The minimum absolute atomic E-state index is 0.0731. The highest BCUT2D eigenvalue weighted by molar-refractivity contribution is 7.99. The van der Waals surface area contributed by atoms with E-state index in [4.69, 9.17) is 0 Å². The van der Waals surface area contributed by atoms with Crippen molar-refractivity contribution >= 4 is 17.5 Å². The summed E-state index contributed by atoms with van der Waals surface area (Å²) in [6, 6.07) is 6.23. The molecule has 0 bridgehead atoms. The first kappa shape index (κ1) is 17.7. The summed E-state index contributed by atoms with van der Waals surface area (Å²) in [6.45, 7) is 4.95. The van der Waals surface area contributed by atoms with E-state index in [2.05, 4.69) is 37.0 Å². The van der Waals surface area contributed by atoms with Crippen molar-refractivity contribution in [2.24, 2.45) is 28.6 Å². The van der Waals surface area contributed by atoms with Gasteiger partial charge in [-0.2, -0.15) is 0 Å². The van der Waals surface area contributed by atoms with Crippen molar-refractivity contribution in [1.29, 1.82) is 0 Å². The van der Waals surface area contributed by atoms with Gasteiger partial charge in [-0.25, -0.2) is 4.98 Å². The number of hydrogen-bond donors (Lipinski definition) is 0. The number of carbonyl (C=O) groups is 1. The Balaban J connectivity index is 1.56. The molecule has 6 atom stereocenters. The zero-order valence-electron chi connectivity index (χ0n) is 16.4. The van der Waals surface area contributed by atoms with Crippen LogP contribution in [0.25, 0.3) is 0 Å². The van der Waals surface area contributed by atoms with Crippen LogP contribution in [0.15, 0.2) is 53.2 Å². The van der Waals surface area contributed by atoms with Crippen LogP contribution in [0.3, 0.4) is 0 Å². The van der Waals surface area contributed by atoms with E-state index >= 15 is 0 Å². The number of rotatable bonds is 2. The van der Waals surface area contributed by atoms with Gasteiger partial charge < -0.3 is 0 Å². The lowest BCUT2D eigenvalue weighted by Crippen LogP contribution is -2.52. The van der Waals surface area contributed by atoms with E-state index in [1.165, 1.54) is 37.7 Å². The van der Waals surface area contributed by atoms with Crippen LogP contribution in [0, 0.1) is 28.6 Å². The van der Waals surface area contributed by atoms with Crippen molar-refractivity contribution in [3.8, 4) is 0 Å². The maximum Gasteiger partial charge on any atom is 0.178 e. The van der Waals surface area contributed by atoms with E-state index in [0.29, 0.717) is 16.6 Å². The fourth-order valence-corrected chi connectivity index (χ4v) is 8.21. The number of ketones is 1. The molecule has 3 fully saturated rings. The fourth-order valence-electron chi connectivity index (χ4n) is 6.83. The molecule has 0 spiro atoms. The van der Waals surface area contributed by atoms with Crippen LogP contribution >= 0.6 is 11.8 Å². The molecule has 0 radical (unpaired) electrons. The maximum absolute atomic E-state index is 12.1. The number of aromatic nitrogens is 1. The van der Waals surface area contributed by atoms with Crippen molar-refractivity contribution in [3.63, 3.8) is 0 Å². The normalized spacial score (nSPS) is 42.9. The van der Waals surface area contributed by atoms with E-state index in [0.717, 1.165) is 23.3 Å². The number of allylic oxidation sites excluding steroid dienone is 4. The molecular formula is C24H29NOS. The van der Waals surface area contributed by atoms with Crippen LogP contribution in [0.4, 0.5) is 0 Å². The lowest BCUT2D eigenvalue weighted by Gasteiger charge is -2.58. The van der Waals surface area contributed by atoms with Crippen LogP contribution in [0.1, 0.15) is 52.4 Å². The van der Waals surface area contributed by atoms with Crippen LogP contribution in [0.5, 0.6) is 0 Å². The average Bonchev–Trinajstić information content (AvgIpc) is 3.05. The van der Waals surface area contributed by atoms with Gasteiger partial charge in [-0.1, -0.05) is 38.0 Å². The summed E-state index contributed by atoms with van der Waals surface area (Å²) < 4.78 is 0. The number of hydrogen-bond acceptors (Lipinski definition) is 3. The first-order valence-electron chi connectivity index (χ1n) is 10.5. The molecule has 0 N–H and O–H groups in total. The Morgan fingerprint density at radius 1 is 1.15 bits per heavy atom. The molecule has 4 aliphatic rings. The van der Waals surface area contributed by atoms with Crippen LogP contribution in [-0.4, -0.2) is 16.0 Å². The molecule has 27 heavy (non-hydrogen) atoms. The molecule has 142 valence electrons. The minimum Gasteiger partial charge on any atom is -0.290 e. The predicted octanol–water partition coefficient (Wildman–Crippen LogP) is 5.85. The molecule has 0 aromatic carbocycles. The average molecular weight is 380 g/mol. The Kier molecular flexibility index (Phi) is 4.16. The van der Waals surface area contributed by atoms with E-state index in [1.54, 1.807) is 0 Å². The minimum atomic E-state index is 0.0731. The number of nitrogens with zero attached hydrogens (tertiary/aromatic N) is 1. The molecule has 1 aromatic heterocycles. The lowest BCUT2D eigenvalue weighted by atomic mass is 9.48. The van der Waals surface area contributed by atoms with Gasteiger partial charge in [0.15, 0.2) is 5.78 Å². The zero-order valence-corrected chi connectivity index (χ0v) is 17.2. The van der Waals surface area contributed by atoms with Crippen molar-refractivity contribution in [3.05, 3.63) is 48.2 Å². The zero-order chi connectivity index (χ0) is 18.6. The second-order valence-electron chi connectivity index (χ2n) is 9.59. The fraction of sp³-hybridized carbons (Fsp3) is 0.583. The Morgan fingerprint density at radius 3 is 2.85 bits per heavy atom. The van der Waals surface area contributed by atoms with E-state index in [9.17, 15) is 4.79 Å². The summed E-state index contributed by atoms with van der Waals surface area (Å²) in [5.74, 6) is 2.36. The molecule has 1 aromatic rings. The molecule has 0 unspecified atom stereocenters. The summed E-state index contributed by atoms with van der Waals surface area (Å²) in [6.07, 6.45) is 15.8. The molecule has 0 aliphatic heterocycles. The maximum atomic E-state index is 12.1. The molecular weight excluding hydrogens is 350 g/mol. The summed E-state index contributed by atoms with van der Waals surface area (Å²) in [5.41, 5.74) is 1.96. The molecule has 3 saturated carbocycles. The molecule has 1 heterocycles. The second kappa shape index (κ2) is 6.34. The van der Waals surface area contributed by atoms with Gasteiger partial charge in [0.2, 0.25) is 0 Å². The van der Waals surface area contributed by atoms with Gasteiger partial charge in [0.1, 0.15) is 0 Å². The summed E-state index contributed by atoms with van der Waals surface area (Å²) in [4.78, 5) is 16.7. The summed E-state index contributed by atoms with van der Waals surface area (Å²) in [5, 5.41) is 1.67. The summed E-state index contributed by atoms with van der Waals surface area (Å²) in [7, 11) is 0. The van der Waals surface area contributed by atoms with Crippen LogP contribution < -0.4 is 0 Å². The van der Waals surface area contributed by atoms with Gasteiger partial charge in [-0.3, -0.25) is 4.79 Å². The van der Waals surface area contributed by atoms with Crippen LogP contribution in [0.2, 0.25) is 0 Å². The van der Waals surface area contributed by atoms with Gasteiger partial charge in [0.05, 0.1) is 5.03 Å². The first-order valence-corrected chi connectivity index (χ1v) is 11.4. The first-order chi connectivity index (χ1) is 13.0. The smallest absolute Gasteiger partial charge is 0.178 e. The number of carbonyl (C=O) groups excluding carboxylic acids is 1. The Hall–Kier alpha value is -1.35. The molecule has 4 aliphatic carbocycles. The molecule has 5 rings (SSSR count). The standard InChI is InChI=1S/C24H29NOS/c1-23-10-5-6-18(23)22-19(9-11-23)24(2)12-8-17(26)14-16(24)15-20(22)27-21-7-3-4-13-25-21/h3-4,7-8,12-14,18-20,22H,5-6,9-11,15H2,1-2H3/t18-,19-,20-,22-,23-,24-/m0/s1. The third-order valence-electron chi connectivity index (χ3n) is 8.25. The monoisotopic (exact) mass is 379 g/mol. The SMILES string of the molecule is C[C@@]12CCC[C@H]1[C@@H]1[C@@H](Sc3ccccn3)CC3=CC(=O)C=C[C@]3(C)[C@H]1CC2. The third kappa shape index (κ3) is 2.76. The van der Waals surface area contributed by atoms with Gasteiger partial charge in [-0.05, 0) is 79.6 Å². The molecule has 0 amide bonds. The lowest BCUT2D eigenvalue weighted by molar-refractivity contribution is -0.111. The van der Waals surface area contributed by atoms with E-state index < -0.39 is 0 Å². The van der Waals surface area contributed by atoms with E-state index in [1.807, 2.05) is 36.2 Å². The molecule has 2 nitrogen and oxygen atoms in total. The molecule has 3 heteroatoms. The highest BCUT2D eigenvalue weighted by atomic mass is 32.2. The Morgan fingerprint density at radius 2 is 2.04 bits per heavy atom. The number of fused-ring (bicyclic) bond motifs is 5. The second-order valence-corrected chi connectivity index (χ2v) is 10.9. The van der Waals surface area contributed by atoms with Crippen molar-refractivity contribution in [1.82, 2.24) is 4.98 Å². The number of pyridine rings is 1. The topological polar surface area (TPSA) is 30.0 Å². The van der Waals surface area contributed by atoms with Crippen LogP contribution in [-0.2, 0) is 4.79 Å². The number of thioether (sulfide) groups is 1. The van der Waals surface area contributed by atoms with Gasteiger partial charge in [0.25, 0.3) is 0 Å².